The first-order valence-electron chi connectivity index (χ1n) is 6.85. The van der Waals surface area contributed by atoms with Crippen LogP contribution in [0.15, 0.2) is 71.5 Å². The van der Waals surface area contributed by atoms with Crippen molar-refractivity contribution in [2.24, 2.45) is 0 Å². The van der Waals surface area contributed by atoms with Gasteiger partial charge in [0.25, 0.3) is 5.91 Å². The van der Waals surface area contributed by atoms with Crippen LogP contribution in [0.3, 0.4) is 0 Å². The average Bonchev–Trinajstić information content (AvgIpc) is 3.03. The van der Waals surface area contributed by atoms with Crippen molar-refractivity contribution in [3.63, 3.8) is 0 Å². The second kappa shape index (κ2) is 6.58. The number of halogens is 1. The highest BCUT2D eigenvalue weighted by atomic mass is 79.9. The first-order chi connectivity index (χ1) is 10.7. The summed E-state index contributed by atoms with van der Waals surface area (Å²) >= 11 is 3.35. The predicted octanol–water partition coefficient (Wildman–Crippen LogP) is 3.56. The molecule has 1 heterocycles. The molecule has 3 rings (SSSR count). The van der Waals surface area contributed by atoms with Crippen molar-refractivity contribution < 1.29 is 4.79 Å². The number of amides is 1. The quantitative estimate of drug-likeness (QED) is 0.777. The molecule has 0 bridgehead atoms. The normalized spacial score (nSPS) is 10.4. The summed E-state index contributed by atoms with van der Waals surface area (Å²) in [4.78, 5) is 12.1. The Morgan fingerprint density at radius 2 is 1.82 bits per heavy atom. The molecule has 1 aromatic heterocycles. The Labute approximate surface area is 136 Å². The fourth-order valence-electron chi connectivity index (χ4n) is 2.06. The number of nitrogens with zero attached hydrogens (tertiary/aromatic N) is 2. The lowest BCUT2D eigenvalue weighted by Gasteiger charge is -2.03. The van der Waals surface area contributed by atoms with E-state index >= 15 is 0 Å². The number of carbonyl (C=O) groups excluding carboxylic acids is 1. The molecule has 0 aliphatic heterocycles. The minimum absolute atomic E-state index is 0.0973. The molecule has 2 aromatic carbocycles. The third-order valence-corrected chi connectivity index (χ3v) is 3.74. The predicted molar refractivity (Wildman–Crippen MR) is 88.9 cm³/mol. The second-order valence-electron chi connectivity index (χ2n) is 4.82. The summed E-state index contributed by atoms with van der Waals surface area (Å²) in [5.41, 5.74) is 2.58. The molecule has 1 amide bonds. The maximum Gasteiger partial charge on any atom is 0.251 e. The Balaban J connectivity index is 1.64. The van der Waals surface area contributed by atoms with Gasteiger partial charge >= 0.3 is 0 Å². The fraction of sp³-hybridized carbons (Fsp3) is 0.0588. The third-order valence-electron chi connectivity index (χ3n) is 3.22. The molecule has 0 saturated heterocycles. The SMILES string of the molecule is O=C(NCc1cnn(-c2ccccc2)c1)c1ccc(Br)cc1. The molecular formula is C17H14BrN3O. The van der Waals surface area contributed by atoms with E-state index in [-0.39, 0.29) is 5.91 Å². The number of para-hydroxylation sites is 1. The zero-order valence-corrected chi connectivity index (χ0v) is 13.3. The summed E-state index contributed by atoms with van der Waals surface area (Å²) in [6.45, 7) is 0.446. The lowest BCUT2D eigenvalue weighted by Crippen LogP contribution is -2.22. The van der Waals surface area contributed by atoms with Gasteiger partial charge in [-0.15, -0.1) is 0 Å². The van der Waals surface area contributed by atoms with Crippen molar-refractivity contribution in [1.29, 1.82) is 0 Å². The highest BCUT2D eigenvalue weighted by molar-refractivity contribution is 9.10. The molecule has 3 aromatic rings. The third kappa shape index (κ3) is 3.43. The molecule has 0 aliphatic carbocycles. The molecule has 0 aliphatic rings. The summed E-state index contributed by atoms with van der Waals surface area (Å²) < 4.78 is 2.74. The smallest absolute Gasteiger partial charge is 0.251 e. The number of rotatable bonds is 4. The first-order valence-corrected chi connectivity index (χ1v) is 7.64. The molecular weight excluding hydrogens is 342 g/mol. The number of hydrogen-bond acceptors (Lipinski definition) is 2. The van der Waals surface area contributed by atoms with E-state index in [1.807, 2.05) is 48.7 Å². The first kappa shape index (κ1) is 14.5. The molecule has 0 radical (unpaired) electrons. The molecule has 22 heavy (non-hydrogen) atoms. The van der Waals surface area contributed by atoms with Crippen molar-refractivity contribution in [2.45, 2.75) is 6.54 Å². The molecule has 0 atom stereocenters. The van der Waals surface area contributed by atoms with E-state index < -0.39 is 0 Å². The van der Waals surface area contributed by atoms with E-state index in [0.29, 0.717) is 12.1 Å². The van der Waals surface area contributed by atoms with Crippen molar-refractivity contribution in [3.8, 4) is 5.69 Å². The van der Waals surface area contributed by atoms with Crippen LogP contribution >= 0.6 is 15.9 Å². The van der Waals surface area contributed by atoms with Crippen LogP contribution in [0.2, 0.25) is 0 Å². The van der Waals surface area contributed by atoms with Crippen molar-refractivity contribution in [1.82, 2.24) is 15.1 Å². The van der Waals surface area contributed by atoms with E-state index in [4.69, 9.17) is 0 Å². The minimum Gasteiger partial charge on any atom is -0.348 e. The number of aromatic nitrogens is 2. The molecule has 0 saturated carbocycles. The van der Waals surface area contributed by atoms with Gasteiger partial charge in [0.05, 0.1) is 11.9 Å². The van der Waals surface area contributed by atoms with E-state index in [1.54, 1.807) is 23.0 Å². The Morgan fingerprint density at radius 3 is 2.55 bits per heavy atom. The molecule has 4 nitrogen and oxygen atoms in total. The largest absolute Gasteiger partial charge is 0.348 e. The summed E-state index contributed by atoms with van der Waals surface area (Å²) in [7, 11) is 0. The van der Waals surface area contributed by atoms with Gasteiger partial charge in [0.2, 0.25) is 0 Å². The number of benzene rings is 2. The molecule has 0 fully saturated rings. The van der Waals surface area contributed by atoms with Crippen LogP contribution in [0.1, 0.15) is 15.9 Å². The molecule has 0 unspecified atom stereocenters. The van der Waals surface area contributed by atoms with Crippen LogP contribution in [0.5, 0.6) is 0 Å². The van der Waals surface area contributed by atoms with Gasteiger partial charge in [-0.1, -0.05) is 34.1 Å². The zero-order valence-electron chi connectivity index (χ0n) is 11.7. The monoisotopic (exact) mass is 355 g/mol. The number of nitrogens with one attached hydrogen (secondary N) is 1. The van der Waals surface area contributed by atoms with Crippen LogP contribution in [0, 0.1) is 0 Å². The van der Waals surface area contributed by atoms with Gasteiger partial charge < -0.3 is 5.32 Å². The van der Waals surface area contributed by atoms with Gasteiger partial charge in [0, 0.05) is 28.3 Å². The van der Waals surface area contributed by atoms with Crippen molar-refractivity contribution in [2.75, 3.05) is 0 Å². The Bertz CT molecular complexity index is 766. The Morgan fingerprint density at radius 1 is 1.09 bits per heavy atom. The summed E-state index contributed by atoms with van der Waals surface area (Å²) in [5.74, 6) is -0.0973. The van der Waals surface area contributed by atoms with Crippen molar-refractivity contribution in [3.05, 3.63) is 82.6 Å². The maximum absolute atomic E-state index is 12.1. The summed E-state index contributed by atoms with van der Waals surface area (Å²) in [5, 5.41) is 7.20. The van der Waals surface area contributed by atoms with Gasteiger partial charge in [-0.2, -0.15) is 5.10 Å². The Kier molecular flexibility index (Phi) is 4.34. The van der Waals surface area contributed by atoms with Crippen LogP contribution in [-0.2, 0) is 6.54 Å². The standard InChI is InChI=1S/C17H14BrN3O/c18-15-8-6-14(7-9-15)17(22)19-10-13-11-20-21(12-13)16-4-2-1-3-5-16/h1-9,11-12H,10H2,(H,19,22). The highest BCUT2D eigenvalue weighted by Gasteiger charge is 2.06. The van der Waals surface area contributed by atoms with E-state index in [1.165, 1.54) is 0 Å². The van der Waals surface area contributed by atoms with Crippen LogP contribution in [0.4, 0.5) is 0 Å². The van der Waals surface area contributed by atoms with Gasteiger partial charge in [-0.3, -0.25) is 4.79 Å². The fourth-order valence-corrected chi connectivity index (χ4v) is 2.32. The Hall–Kier alpha value is -2.40. The van der Waals surface area contributed by atoms with Gasteiger partial charge in [0.15, 0.2) is 0 Å². The van der Waals surface area contributed by atoms with Crippen LogP contribution in [-0.4, -0.2) is 15.7 Å². The van der Waals surface area contributed by atoms with Gasteiger partial charge in [-0.05, 0) is 36.4 Å². The molecule has 110 valence electrons. The highest BCUT2D eigenvalue weighted by Crippen LogP contribution is 2.11. The topological polar surface area (TPSA) is 46.9 Å². The number of carbonyl (C=O) groups is 1. The van der Waals surface area contributed by atoms with E-state index in [0.717, 1.165) is 15.7 Å². The second-order valence-corrected chi connectivity index (χ2v) is 5.73. The number of hydrogen-bond donors (Lipinski definition) is 1. The van der Waals surface area contributed by atoms with Gasteiger partial charge in [-0.25, -0.2) is 4.68 Å². The average molecular weight is 356 g/mol. The maximum atomic E-state index is 12.1. The van der Waals surface area contributed by atoms with E-state index in [2.05, 4.69) is 26.3 Å². The van der Waals surface area contributed by atoms with Gasteiger partial charge in [0.1, 0.15) is 0 Å². The van der Waals surface area contributed by atoms with Crippen molar-refractivity contribution >= 4 is 21.8 Å². The van der Waals surface area contributed by atoms with Crippen LogP contribution in [0.25, 0.3) is 5.69 Å². The van der Waals surface area contributed by atoms with E-state index in [9.17, 15) is 4.79 Å². The summed E-state index contributed by atoms with van der Waals surface area (Å²) in [6.07, 6.45) is 3.67. The van der Waals surface area contributed by atoms with Crippen LogP contribution < -0.4 is 5.32 Å². The molecule has 1 N–H and O–H groups in total. The minimum atomic E-state index is -0.0973. The molecule has 5 heteroatoms. The molecule has 0 spiro atoms. The summed E-state index contributed by atoms with van der Waals surface area (Å²) in [6, 6.07) is 17.1. The lowest BCUT2D eigenvalue weighted by atomic mass is 10.2. The zero-order chi connectivity index (χ0) is 15.4. The lowest BCUT2D eigenvalue weighted by molar-refractivity contribution is 0.0951.